The van der Waals surface area contributed by atoms with Gasteiger partial charge in [-0.15, -0.1) is 11.6 Å². The molecule has 2 heterocycles. The van der Waals surface area contributed by atoms with Crippen LogP contribution in [0.25, 0.3) is 16.9 Å². The third-order valence-corrected chi connectivity index (χ3v) is 3.72. The largest absolute Gasteiger partial charge is 0.278 e. The van der Waals surface area contributed by atoms with E-state index >= 15 is 0 Å². The molecule has 0 aliphatic carbocycles. The van der Waals surface area contributed by atoms with Gasteiger partial charge in [-0.05, 0) is 31.2 Å². The van der Waals surface area contributed by atoms with Crippen LogP contribution in [0.1, 0.15) is 18.1 Å². The van der Waals surface area contributed by atoms with Gasteiger partial charge < -0.3 is 0 Å². The Morgan fingerprint density at radius 1 is 1.24 bits per heavy atom. The first kappa shape index (κ1) is 14.6. The summed E-state index contributed by atoms with van der Waals surface area (Å²) < 4.78 is 15.2. The van der Waals surface area contributed by atoms with Gasteiger partial charge in [0.15, 0.2) is 5.65 Å². The second-order valence-electron chi connectivity index (χ2n) is 4.51. The quantitative estimate of drug-likeness (QED) is 0.601. The molecule has 2 aromatic heterocycles. The topological polar surface area (TPSA) is 30.7 Å². The summed E-state index contributed by atoms with van der Waals surface area (Å²) in [5.41, 5.74) is 1.54. The van der Waals surface area contributed by atoms with Crippen molar-refractivity contribution in [3.05, 3.63) is 52.1 Å². The molecule has 0 amide bonds. The van der Waals surface area contributed by atoms with Crippen LogP contribution in [0.2, 0.25) is 10.0 Å². The molecule has 0 aliphatic rings. The van der Waals surface area contributed by atoms with Crippen LogP contribution in [0.3, 0.4) is 0 Å². The number of pyridine rings is 1. The minimum atomic E-state index is -0.405. The highest BCUT2D eigenvalue weighted by Gasteiger charge is 2.19. The van der Waals surface area contributed by atoms with Gasteiger partial charge in [0.2, 0.25) is 0 Å². The van der Waals surface area contributed by atoms with Crippen molar-refractivity contribution in [1.29, 1.82) is 0 Å². The van der Waals surface area contributed by atoms with Gasteiger partial charge in [-0.1, -0.05) is 23.2 Å². The lowest BCUT2D eigenvalue weighted by Crippen LogP contribution is -2.04. The molecule has 3 rings (SSSR count). The van der Waals surface area contributed by atoms with Crippen LogP contribution >= 0.6 is 34.8 Å². The summed E-state index contributed by atoms with van der Waals surface area (Å²) in [5, 5.41) is 0.439. The molecule has 0 N–H and O–H groups in total. The van der Waals surface area contributed by atoms with Gasteiger partial charge >= 0.3 is 0 Å². The van der Waals surface area contributed by atoms with E-state index in [1.54, 1.807) is 17.6 Å². The number of aromatic nitrogens is 3. The van der Waals surface area contributed by atoms with Crippen LogP contribution in [0.15, 0.2) is 30.5 Å². The smallest absolute Gasteiger partial charge is 0.164 e. The van der Waals surface area contributed by atoms with Gasteiger partial charge in [0.25, 0.3) is 0 Å². The van der Waals surface area contributed by atoms with E-state index in [0.29, 0.717) is 32.7 Å². The lowest BCUT2D eigenvalue weighted by atomic mass is 10.3. The van der Waals surface area contributed by atoms with Crippen molar-refractivity contribution in [3.8, 4) is 5.69 Å². The van der Waals surface area contributed by atoms with Gasteiger partial charge in [-0.25, -0.2) is 14.4 Å². The molecule has 0 fully saturated rings. The Morgan fingerprint density at radius 2 is 2.00 bits per heavy atom. The first-order valence-electron chi connectivity index (χ1n) is 6.11. The number of hydrogen-bond acceptors (Lipinski definition) is 2. The van der Waals surface area contributed by atoms with E-state index in [0.717, 1.165) is 0 Å². The van der Waals surface area contributed by atoms with Gasteiger partial charge in [0.1, 0.15) is 17.2 Å². The molecule has 0 saturated carbocycles. The third kappa shape index (κ3) is 2.59. The fourth-order valence-electron chi connectivity index (χ4n) is 2.12. The number of alkyl halides is 1. The van der Waals surface area contributed by atoms with Gasteiger partial charge in [-0.2, -0.15) is 0 Å². The van der Waals surface area contributed by atoms with Crippen molar-refractivity contribution < 1.29 is 4.39 Å². The van der Waals surface area contributed by atoms with E-state index in [9.17, 15) is 4.39 Å². The molecule has 108 valence electrons. The number of halogens is 4. The van der Waals surface area contributed by atoms with E-state index in [4.69, 9.17) is 34.8 Å². The lowest BCUT2D eigenvalue weighted by molar-refractivity contribution is 0.626. The van der Waals surface area contributed by atoms with Crippen molar-refractivity contribution >= 4 is 46.0 Å². The molecule has 0 radical (unpaired) electrons. The second kappa shape index (κ2) is 5.44. The van der Waals surface area contributed by atoms with Crippen LogP contribution in [-0.4, -0.2) is 14.5 Å². The molecule has 1 unspecified atom stereocenters. The molecular formula is C14H9Cl3FN3. The number of nitrogens with zero attached hydrogens (tertiary/aromatic N) is 3. The Hall–Kier alpha value is -1.36. The number of rotatable bonds is 2. The van der Waals surface area contributed by atoms with E-state index in [1.165, 1.54) is 24.4 Å². The number of fused-ring (bicyclic) bond motifs is 1. The Kier molecular flexibility index (Phi) is 3.78. The van der Waals surface area contributed by atoms with Gasteiger partial charge in [-0.3, -0.25) is 4.57 Å². The first-order valence-corrected chi connectivity index (χ1v) is 7.30. The maximum Gasteiger partial charge on any atom is 0.164 e. The van der Waals surface area contributed by atoms with Crippen molar-refractivity contribution in [3.63, 3.8) is 0 Å². The summed E-state index contributed by atoms with van der Waals surface area (Å²) in [6, 6.07) is 5.77. The maximum atomic E-state index is 13.6. The van der Waals surface area contributed by atoms with Crippen LogP contribution in [0.5, 0.6) is 0 Å². The molecule has 0 spiro atoms. The zero-order valence-corrected chi connectivity index (χ0v) is 13.1. The van der Waals surface area contributed by atoms with E-state index < -0.39 is 11.2 Å². The monoisotopic (exact) mass is 343 g/mol. The van der Waals surface area contributed by atoms with Crippen molar-refractivity contribution in [2.24, 2.45) is 0 Å². The minimum absolute atomic E-state index is 0.381. The van der Waals surface area contributed by atoms with Gasteiger partial charge in [0.05, 0.1) is 21.1 Å². The van der Waals surface area contributed by atoms with Crippen LogP contribution < -0.4 is 0 Å². The molecule has 1 aromatic carbocycles. The molecule has 1 atom stereocenters. The van der Waals surface area contributed by atoms with E-state index in [-0.39, 0.29) is 0 Å². The van der Waals surface area contributed by atoms with Crippen LogP contribution in [0, 0.1) is 5.82 Å². The molecule has 0 saturated heterocycles. The summed E-state index contributed by atoms with van der Waals surface area (Å²) in [4.78, 5) is 8.68. The van der Waals surface area contributed by atoms with E-state index in [1.807, 2.05) is 0 Å². The highest BCUT2D eigenvalue weighted by Crippen LogP contribution is 2.31. The fraction of sp³-hybridized carbons (Fsp3) is 0.143. The Balaban J connectivity index is 2.39. The Bertz CT molecular complexity index is 830. The zero-order valence-electron chi connectivity index (χ0n) is 10.8. The summed E-state index contributed by atoms with van der Waals surface area (Å²) in [7, 11) is 0. The number of imidazole rings is 1. The summed E-state index contributed by atoms with van der Waals surface area (Å²) in [6.07, 6.45) is 1.50. The van der Waals surface area contributed by atoms with E-state index in [2.05, 4.69) is 9.97 Å². The lowest BCUT2D eigenvalue weighted by Gasteiger charge is -2.11. The first-order chi connectivity index (χ1) is 9.97. The number of benzene rings is 1. The molecule has 3 nitrogen and oxygen atoms in total. The van der Waals surface area contributed by atoms with Crippen molar-refractivity contribution in [1.82, 2.24) is 14.5 Å². The average Bonchev–Trinajstić information content (AvgIpc) is 2.80. The summed E-state index contributed by atoms with van der Waals surface area (Å²) in [5.74, 6) is 0.118. The summed E-state index contributed by atoms with van der Waals surface area (Å²) >= 11 is 18.3. The highest BCUT2D eigenvalue weighted by atomic mass is 35.5. The van der Waals surface area contributed by atoms with Crippen molar-refractivity contribution in [2.75, 3.05) is 0 Å². The Labute approximate surface area is 135 Å². The fourth-order valence-corrected chi connectivity index (χ4v) is 2.62. The van der Waals surface area contributed by atoms with Crippen LogP contribution in [0.4, 0.5) is 4.39 Å². The molecule has 0 aliphatic heterocycles. The van der Waals surface area contributed by atoms with Crippen molar-refractivity contribution in [2.45, 2.75) is 12.3 Å². The standard InChI is InChI=1S/C14H9Cl3FN3/c1-7(15)13-20-11-4-8(16)6-19-14(11)21(13)12-5-9(18)2-3-10(12)17/h2-7H,1H3. The predicted molar refractivity (Wildman–Crippen MR) is 83.1 cm³/mol. The van der Waals surface area contributed by atoms with Gasteiger partial charge in [0, 0.05) is 6.20 Å². The average molecular weight is 345 g/mol. The predicted octanol–water partition coefficient (Wildman–Crippen LogP) is 5.17. The summed E-state index contributed by atoms with van der Waals surface area (Å²) in [6.45, 7) is 1.77. The molecule has 0 bridgehead atoms. The molecular weight excluding hydrogens is 336 g/mol. The zero-order chi connectivity index (χ0) is 15.1. The third-order valence-electron chi connectivity index (χ3n) is 2.99. The minimum Gasteiger partial charge on any atom is -0.278 e. The molecule has 3 aromatic rings. The SMILES string of the molecule is CC(Cl)c1nc2cc(Cl)cnc2n1-c1cc(F)ccc1Cl. The Morgan fingerprint density at radius 3 is 2.71 bits per heavy atom. The van der Waals surface area contributed by atoms with Crippen LogP contribution in [-0.2, 0) is 0 Å². The normalized spacial score (nSPS) is 12.8. The number of hydrogen-bond donors (Lipinski definition) is 0. The second-order valence-corrected chi connectivity index (χ2v) is 6.01. The maximum absolute atomic E-state index is 13.6. The highest BCUT2D eigenvalue weighted by molar-refractivity contribution is 6.32. The molecule has 21 heavy (non-hydrogen) atoms. The molecule has 7 heteroatoms.